The lowest BCUT2D eigenvalue weighted by Gasteiger charge is -2.38. The van der Waals surface area contributed by atoms with Crippen molar-refractivity contribution in [2.45, 2.75) is 76.5 Å². The summed E-state index contributed by atoms with van der Waals surface area (Å²) in [5, 5.41) is 8.13. The van der Waals surface area contributed by atoms with E-state index in [-0.39, 0.29) is 18.1 Å². The number of nitrogens with zero attached hydrogens (tertiary/aromatic N) is 4. The molecule has 1 aromatic heterocycles. The summed E-state index contributed by atoms with van der Waals surface area (Å²) in [6.45, 7) is 8.68. The molecule has 1 aromatic carbocycles. The molecule has 2 saturated heterocycles. The van der Waals surface area contributed by atoms with Gasteiger partial charge in [0.15, 0.2) is 0 Å². The highest BCUT2D eigenvalue weighted by molar-refractivity contribution is 5.91. The van der Waals surface area contributed by atoms with Gasteiger partial charge in [0, 0.05) is 37.7 Å². The van der Waals surface area contributed by atoms with Crippen molar-refractivity contribution < 1.29 is 9.53 Å². The van der Waals surface area contributed by atoms with Gasteiger partial charge in [-0.15, -0.1) is 0 Å². The number of hydrogen-bond donors (Lipinski definition) is 1. The van der Waals surface area contributed by atoms with Gasteiger partial charge in [-0.3, -0.25) is 14.6 Å². The number of anilines is 1. The zero-order valence-electron chi connectivity index (χ0n) is 20.7. The predicted molar refractivity (Wildman–Crippen MR) is 134 cm³/mol. The molecule has 184 valence electrons. The number of hydrogen-bond acceptors (Lipinski definition) is 5. The minimum Gasteiger partial charge on any atom is -0.373 e. The van der Waals surface area contributed by atoms with E-state index in [0.29, 0.717) is 18.5 Å². The molecule has 1 N–H and O–H groups in total. The number of benzene rings is 1. The highest BCUT2D eigenvalue weighted by Crippen LogP contribution is 2.35. The molecule has 3 aliphatic rings. The van der Waals surface area contributed by atoms with Crippen LogP contribution < -0.4 is 5.32 Å². The first kappa shape index (κ1) is 23.5. The largest absolute Gasteiger partial charge is 0.373 e. The van der Waals surface area contributed by atoms with Gasteiger partial charge in [-0.1, -0.05) is 31.0 Å². The molecule has 0 spiro atoms. The standard InChI is InChI=1S/C27H39N5O2/c1-20-16-30(17-21(2)34-20)18-24-13-8-14-31(24)19-27(33)28-26-15-25(22-9-6-7-10-22)29-32(26)23-11-4-3-5-12-23/h3-5,11-12,15,20-22,24H,6-10,13-14,16-19H2,1-2H3,(H,28,33)/t20-,21+,24-/m0/s1. The van der Waals surface area contributed by atoms with Crippen molar-refractivity contribution in [3.05, 3.63) is 42.1 Å². The van der Waals surface area contributed by atoms with E-state index in [0.717, 1.165) is 56.2 Å². The van der Waals surface area contributed by atoms with Gasteiger partial charge in [0.1, 0.15) is 5.82 Å². The number of rotatable bonds is 7. The van der Waals surface area contributed by atoms with Crippen LogP contribution in [0.1, 0.15) is 64.0 Å². The molecule has 7 heteroatoms. The molecule has 0 unspecified atom stereocenters. The summed E-state index contributed by atoms with van der Waals surface area (Å²) in [6.07, 6.45) is 7.76. The number of likely N-dealkylation sites (tertiary alicyclic amines) is 1. The average molecular weight is 466 g/mol. The first-order chi connectivity index (χ1) is 16.5. The van der Waals surface area contributed by atoms with Crippen molar-refractivity contribution in [2.75, 3.05) is 38.0 Å². The molecule has 0 bridgehead atoms. The number of aromatic nitrogens is 2. The molecule has 34 heavy (non-hydrogen) atoms. The Hall–Kier alpha value is -2.22. The van der Waals surface area contributed by atoms with Crippen LogP contribution in [-0.4, -0.2) is 76.5 Å². The fourth-order valence-corrected chi connectivity index (χ4v) is 6.08. The first-order valence-electron chi connectivity index (χ1n) is 13.1. The highest BCUT2D eigenvalue weighted by atomic mass is 16.5. The van der Waals surface area contributed by atoms with Crippen molar-refractivity contribution in [2.24, 2.45) is 0 Å². The second-order valence-corrected chi connectivity index (χ2v) is 10.5. The summed E-state index contributed by atoms with van der Waals surface area (Å²) in [5.74, 6) is 1.33. The monoisotopic (exact) mass is 465 g/mol. The third-order valence-electron chi connectivity index (χ3n) is 7.58. The Labute approximate surface area is 203 Å². The molecule has 3 fully saturated rings. The van der Waals surface area contributed by atoms with Crippen LogP contribution in [0.3, 0.4) is 0 Å². The van der Waals surface area contributed by atoms with E-state index in [4.69, 9.17) is 9.84 Å². The number of nitrogens with one attached hydrogen (secondary N) is 1. The number of para-hydroxylation sites is 1. The summed E-state index contributed by atoms with van der Waals surface area (Å²) < 4.78 is 7.80. The second kappa shape index (κ2) is 10.6. The van der Waals surface area contributed by atoms with Crippen LogP contribution >= 0.6 is 0 Å². The summed E-state index contributed by atoms with van der Waals surface area (Å²) in [5.41, 5.74) is 2.09. The van der Waals surface area contributed by atoms with Gasteiger partial charge in [-0.05, 0) is 58.2 Å². The van der Waals surface area contributed by atoms with E-state index >= 15 is 0 Å². The minimum absolute atomic E-state index is 0.0469. The first-order valence-corrected chi connectivity index (χ1v) is 13.1. The van der Waals surface area contributed by atoms with Crippen LogP contribution in [-0.2, 0) is 9.53 Å². The molecular formula is C27H39N5O2. The molecular weight excluding hydrogens is 426 g/mol. The van der Waals surface area contributed by atoms with Crippen LogP contribution in [0.15, 0.2) is 36.4 Å². The van der Waals surface area contributed by atoms with E-state index in [1.165, 1.54) is 25.7 Å². The van der Waals surface area contributed by atoms with Gasteiger partial charge in [0.25, 0.3) is 0 Å². The molecule has 1 saturated carbocycles. The normalized spacial score (nSPS) is 26.8. The third-order valence-corrected chi connectivity index (χ3v) is 7.58. The quantitative estimate of drug-likeness (QED) is 0.669. The van der Waals surface area contributed by atoms with Crippen molar-refractivity contribution in [1.29, 1.82) is 0 Å². The Morgan fingerprint density at radius 2 is 1.79 bits per heavy atom. The van der Waals surface area contributed by atoms with Gasteiger partial charge < -0.3 is 10.1 Å². The molecule has 1 amide bonds. The zero-order valence-corrected chi connectivity index (χ0v) is 20.7. The third kappa shape index (κ3) is 5.53. The topological polar surface area (TPSA) is 62.6 Å². The Bertz CT molecular complexity index is 945. The fraction of sp³-hybridized carbons (Fsp3) is 0.630. The van der Waals surface area contributed by atoms with Gasteiger partial charge in [-0.2, -0.15) is 5.10 Å². The van der Waals surface area contributed by atoms with Gasteiger partial charge >= 0.3 is 0 Å². The lowest BCUT2D eigenvalue weighted by molar-refractivity contribution is -0.118. The Morgan fingerprint density at radius 3 is 2.53 bits per heavy atom. The maximum Gasteiger partial charge on any atom is 0.239 e. The lowest BCUT2D eigenvalue weighted by atomic mass is 10.0. The number of ether oxygens (including phenoxy) is 1. The molecule has 7 nitrogen and oxygen atoms in total. The van der Waals surface area contributed by atoms with E-state index in [9.17, 15) is 4.79 Å². The van der Waals surface area contributed by atoms with Crippen molar-refractivity contribution in [3.63, 3.8) is 0 Å². The summed E-state index contributed by atoms with van der Waals surface area (Å²) in [7, 11) is 0. The molecule has 0 radical (unpaired) electrons. The smallest absolute Gasteiger partial charge is 0.239 e. The molecule has 5 rings (SSSR count). The number of amides is 1. The molecule has 1 aliphatic carbocycles. The molecule has 2 aromatic rings. The maximum absolute atomic E-state index is 13.2. The fourth-order valence-electron chi connectivity index (χ4n) is 6.08. The molecule has 3 heterocycles. The van der Waals surface area contributed by atoms with Crippen LogP contribution in [0.2, 0.25) is 0 Å². The summed E-state index contributed by atoms with van der Waals surface area (Å²) in [6, 6.07) is 12.6. The van der Waals surface area contributed by atoms with Crippen LogP contribution in [0, 0.1) is 0 Å². The Balaban J connectivity index is 1.25. The Morgan fingerprint density at radius 1 is 1.06 bits per heavy atom. The van der Waals surface area contributed by atoms with Crippen molar-refractivity contribution >= 4 is 11.7 Å². The highest BCUT2D eigenvalue weighted by Gasteiger charge is 2.31. The van der Waals surface area contributed by atoms with Crippen LogP contribution in [0.5, 0.6) is 0 Å². The number of carbonyl (C=O) groups excluding carboxylic acids is 1. The van der Waals surface area contributed by atoms with E-state index in [1.54, 1.807) is 0 Å². The number of morpholine rings is 1. The van der Waals surface area contributed by atoms with E-state index in [2.05, 4.69) is 35.0 Å². The summed E-state index contributed by atoms with van der Waals surface area (Å²) in [4.78, 5) is 18.1. The van der Waals surface area contributed by atoms with Crippen molar-refractivity contribution in [1.82, 2.24) is 19.6 Å². The molecule has 3 atom stereocenters. The zero-order chi connectivity index (χ0) is 23.5. The Kier molecular flexibility index (Phi) is 7.32. The predicted octanol–water partition coefficient (Wildman–Crippen LogP) is 4.04. The second-order valence-electron chi connectivity index (χ2n) is 10.5. The van der Waals surface area contributed by atoms with Gasteiger partial charge in [0.05, 0.1) is 30.1 Å². The number of carbonyl (C=O) groups is 1. The van der Waals surface area contributed by atoms with E-state index in [1.807, 2.05) is 35.0 Å². The van der Waals surface area contributed by atoms with Gasteiger partial charge in [0.2, 0.25) is 5.91 Å². The van der Waals surface area contributed by atoms with Crippen molar-refractivity contribution in [3.8, 4) is 5.69 Å². The minimum atomic E-state index is 0.0469. The molecule has 2 aliphatic heterocycles. The van der Waals surface area contributed by atoms with Crippen LogP contribution in [0.4, 0.5) is 5.82 Å². The summed E-state index contributed by atoms with van der Waals surface area (Å²) >= 11 is 0. The lowest BCUT2D eigenvalue weighted by Crippen LogP contribution is -2.50. The van der Waals surface area contributed by atoms with E-state index < -0.39 is 0 Å². The SMILES string of the molecule is C[C@@H]1CN(C[C@@H]2CCCN2CC(=O)Nc2cc(C3CCCC3)nn2-c2ccccc2)C[C@H](C)O1. The maximum atomic E-state index is 13.2. The van der Waals surface area contributed by atoms with Gasteiger partial charge in [-0.25, -0.2) is 4.68 Å². The van der Waals surface area contributed by atoms with Crippen LogP contribution in [0.25, 0.3) is 5.69 Å². The average Bonchev–Trinajstić information content (AvgIpc) is 3.56.